The Morgan fingerprint density at radius 3 is 2.43 bits per heavy atom. The Kier molecular flexibility index (Phi) is 6.99. The fraction of sp³-hybridized carbons (Fsp3) is 1.00. The minimum absolute atomic E-state index is 0.158. The Bertz CT molecular complexity index is 308. The summed E-state index contributed by atoms with van der Waals surface area (Å²) in [5.74, 6) is -0.213. The monoisotopic (exact) mass is 307 g/mol. The Labute approximate surface area is 127 Å². The molecule has 7 nitrogen and oxygen atoms in total. The summed E-state index contributed by atoms with van der Waals surface area (Å²) in [5.41, 5.74) is 0. The number of hydrogen-bond donors (Lipinski definition) is 4. The number of rotatable bonds is 7. The van der Waals surface area contributed by atoms with Gasteiger partial charge in [0.05, 0.1) is 46.0 Å². The molecule has 0 saturated carbocycles. The minimum Gasteiger partial charge on any atom is -0.394 e. The van der Waals surface area contributed by atoms with Crippen LogP contribution < -0.4 is 5.32 Å². The van der Waals surface area contributed by atoms with Crippen molar-refractivity contribution in [2.45, 2.75) is 37.6 Å². The van der Waals surface area contributed by atoms with Gasteiger partial charge in [0.15, 0.2) is 6.29 Å². The Hall–Kier alpha value is -0.280. The molecule has 1 saturated heterocycles. The first kappa shape index (κ1) is 18.8. The molecular weight excluding hydrogens is 276 g/mol. The molecule has 0 aromatic heterocycles. The van der Waals surface area contributed by atoms with Gasteiger partial charge in [-0.25, -0.2) is 0 Å². The van der Waals surface area contributed by atoms with Crippen LogP contribution in [-0.2, 0) is 9.47 Å². The molecule has 0 aromatic rings. The van der Waals surface area contributed by atoms with Gasteiger partial charge in [-0.15, -0.1) is 0 Å². The third kappa shape index (κ3) is 5.45. The van der Waals surface area contributed by atoms with Crippen LogP contribution in [0.1, 0.15) is 6.92 Å². The van der Waals surface area contributed by atoms with Crippen molar-refractivity contribution in [3.05, 3.63) is 0 Å². The molecule has 1 aliphatic heterocycles. The second kappa shape index (κ2) is 7.82. The van der Waals surface area contributed by atoms with E-state index in [4.69, 9.17) is 9.47 Å². The third-order valence-electron chi connectivity index (χ3n) is 3.86. The van der Waals surface area contributed by atoms with Crippen LogP contribution >= 0.6 is 0 Å². The second-order valence-electron chi connectivity index (χ2n) is 6.87. The maximum Gasteiger partial charge on any atom is 0.175 e. The largest absolute Gasteiger partial charge is 0.394 e. The van der Waals surface area contributed by atoms with Crippen molar-refractivity contribution < 1.29 is 29.3 Å². The van der Waals surface area contributed by atoms with E-state index in [1.807, 2.05) is 28.1 Å². The summed E-state index contributed by atoms with van der Waals surface area (Å²) in [5, 5.41) is 32.8. The molecule has 1 heterocycles. The van der Waals surface area contributed by atoms with Gasteiger partial charge in [0.2, 0.25) is 0 Å². The average Bonchev–Trinajstić information content (AvgIpc) is 2.38. The normalized spacial score (nSPS) is 35.7. The molecule has 6 atom stereocenters. The highest BCUT2D eigenvalue weighted by Crippen LogP contribution is 2.26. The molecule has 0 radical (unpaired) electrons. The van der Waals surface area contributed by atoms with Crippen LogP contribution in [0.4, 0.5) is 0 Å². The molecule has 0 spiro atoms. The van der Waals surface area contributed by atoms with Gasteiger partial charge in [0, 0.05) is 19.6 Å². The van der Waals surface area contributed by atoms with Crippen molar-refractivity contribution in [1.82, 2.24) is 5.32 Å². The lowest BCUT2D eigenvalue weighted by atomic mass is 9.89. The first-order valence-corrected chi connectivity index (χ1v) is 7.38. The summed E-state index contributed by atoms with van der Waals surface area (Å²) in [6.07, 6.45) is -2.33. The third-order valence-corrected chi connectivity index (χ3v) is 3.86. The van der Waals surface area contributed by atoms with Crippen molar-refractivity contribution in [1.29, 1.82) is 0 Å². The number of likely N-dealkylation sites (N-methyl/N-ethyl adjacent to an activating group) is 1. The van der Waals surface area contributed by atoms with Crippen LogP contribution in [0.3, 0.4) is 0 Å². The van der Waals surface area contributed by atoms with Crippen LogP contribution in [0.5, 0.6) is 0 Å². The van der Waals surface area contributed by atoms with Crippen LogP contribution in [0.2, 0.25) is 0 Å². The number of aliphatic hydroxyl groups is 3. The number of quaternary nitrogens is 1. The molecule has 0 bridgehead atoms. The van der Waals surface area contributed by atoms with Crippen molar-refractivity contribution >= 4 is 0 Å². The molecule has 0 aliphatic carbocycles. The molecule has 1 unspecified atom stereocenters. The van der Waals surface area contributed by atoms with Crippen molar-refractivity contribution in [2.75, 3.05) is 47.9 Å². The van der Waals surface area contributed by atoms with Crippen molar-refractivity contribution in [2.24, 2.45) is 5.92 Å². The summed E-state index contributed by atoms with van der Waals surface area (Å²) in [6, 6.07) is -0.435. The number of nitrogens with one attached hydrogen (secondary N) is 1. The molecular formula is C14H31N2O5+. The molecule has 0 aromatic carbocycles. The van der Waals surface area contributed by atoms with E-state index in [-0.39, 0.29) is 12.5 Å². The van der Waals surface area contributed by atoms with E-state index in [1.54, 1.807) is 0 Å². The predicted molar refractivity (Wildman–Crippen MR) is 78.6 cm³/mol. The minimum atomic E-state index is -0.711. The van der Waals surface area contributed by atoms with E-state index in [9.17, 15) is 15.3 Å². The molecule has 4 N–H and O–H groups in total. The lowest BCUT2D eigenvalue weighted by Gasteiger charge is -2.43. The molecule has 21 heavy (non-hydrogen) atoms. The van der Waals surface area contributed by atoms with Gasteiger partial charge in [-0.3, -0.25) is 0 Å². The van der Waals surface area contributed by atoms with Gasteiger partial charge in [-0.05, 0) is 0 Å². The van der Waals surface area contributed by atoms with Crippen molar-refractivity contribution in [3.8, 4) is 0 Å². The van der Waals surface area contributed by atoms with Gasteiger partial charge in [-0.2, -0.15) is 0 Å². The highest BCUT2D eigenvalue weighted by molar-refractivity contribution is 4.91. The topological polar surface area (TPSA) is 91.2 Å². The van der Waals surface area contributed by atoms with E-state index in [1.165, 1.54) is 7.11 Å². The van der Waals surface area contributed by atoms with Crippen LogP contribution in [0, 0.1) is 5.92 Å². The fourth-order valence-corrected chi connectivity index (χ4v) is 2.69. The Morgan fingerprint density at radius 1 is 1.33 bits per heavy atom. The Morgan fingerprint density at radius 2 is 1.95 bits per heavy atom. The van der Waals surface area contributed by atoms with Gasteiger partial charge in [0.25, 0.3) is 0 Å². The van der Waals surface area contributed by atoms with Crippen LogP contribution in [0.25, 0.3) is 0 Å². The average molecular weight is 307 g/mol. The highest BCUT2D eigenvalue weighted by atomic mass is 16.7. The van der Waals surface area contributed by atoms with E-state index < -0.39 is 30.6 Å². The molecule has 1 rings (SSSR count). The zero-order valence-corrected chi connectivity index (χ0v) is 13.7. The molecule has 7 heteroatoms. The van der Waals surface area contributed by atoms with E-state index >= 15 is 0 Å². The smallest absolute Gasteiger partial charge is 0.175 e. The number of nitrogens with zero attached hydrogens (tertiary/aromatic N) is 1. The summed E-state index contributed by atoms with van der Waals surface area (Å²) in [7, 11) is 7.52. The van der Waals surface area contributed by atoms with Crippen LogP contribution in [0.15, 0.2) is 0 Å². The maximum absolute atomic E-state index is 10.4. The molecule has 1 fully saturated rings. The zero-order chi connectivity index (χ0) is 16.2. The summed E-state index contributed by atoms with van der Waals surface area (Å²) in [4.78, 5) is 0. The number of hydrogen-bond acceptors (Lipinski definition) is 6. The molecule has 126 valence electrons. The lowest BCUT2D eigenvalue weighted by Crippen LogP contribution is -2.62. The Balaban J connectivity index is 2.59. The summed E-state index contributed by atoms with van der Waals surface area (Å²) < 4.78 is 11.5. The van der Waals surface area contributed by atoms with Crippen molar-refractivity contribution in [3.63, 3.8) is 0 Å². The standard InChI is InChI=1S/C14H31N2O5/c1-9-11(8-17)21-14(20-5)12(13(9)19)15-6-10(18)7-16(2,3)4/h9-15,17-19H,6-8H2,1-5H3/q+1/t9-,10?,11-,12-,13+,14-/m1/s1. The first-order chi connectivity index (χ1) is 9.69. The lowest BCUT2D eigenvalue weighted by molar-refractivity contribution is -0.873. The quantitative estimate of drug-likeness (QED) is 0.422. The van der Waals surface area contributed by atoms with Gasteiger partial charge in [-0.1, -0.05) is 6.92 Å². The van der Waals surface area contributed by atoms with E-state index in [0.717, 1.165) is 0 Å². The second-order valence-corrected chi connectivity index (χ2v) is 6.87. The summed E-state index contributed by atoms with van der Waals surface area (Å²) >= 11 is 0. The van der Waals surface area contributed by atoms with Gasteiger partial charge >= 0.3 is 0 Å². The summed E-state index contributed by atoms with van der Waals surface area (Å²) in [6.45, 7) is 2.61. The number of aliphatic hydroxyl groups excluding tert-OH is 3. The van der Waals surface area contributed by atoms with Gasteiger partial charge < -0.3 is 34.6 Å². The fourth-order valence-electron chi connectivity index (χ4n) is 2.69. The zero-order valence-electron chi connectivity index (χ0n) is 13.7. The SMILES string of the molecule is CO[C@@H]1O[C@H](CO)[C@@H](C)[C@H](O)[C@H]1NCC(O)C[N+](C)(C)C. The molecule has 1 aliphatic rings. The highest BCUT2D eigenvalue weighted by Gasteiger charge is 2.42. The maximum atomic E-state index is 10.4. The van der Waals surface area contributed by atoms with E-state index in [0.29, 0.717) is 17.6 Å². The van der Waals surface area contributed by atoms with Gasteiger partial charge in [0.1, 0.15) is 12.6 Å². The number of ether oxygens (including phenoxy) is 2. The number of methoxy groups -OCH3 is 1. The van der Waals surface area contributed by atoms with E-state index in [2.05, 4.69) is 5.32 Å². The van der Waals surface area contributed by atoms with Crippen LogP contribution in [-0.4, -0.2) is 98.4 Å². The predicted octanol–water partition coefficient (Wildman–Crippen LogP) is -1.63. The first-order valence-electron chi connectivity index (χ1n) is 7.38. The molecule has 0 amide bonds.